The molecule has 0 fully saturated rings. The van der Waals surface area contributed by atoms with Gasteiger partial charge in [0.15, 0.2) is 0 Å². The summed E-state index contributed by atoms with van der Waals surface area (Å²) in [7, 11) is 0. The molecule has 1 atom stereocenters. The zero-order valence-electron chi connectivity index (χ0n) is 15.0. The molecule has 1 unspecified atom stereocenters. The maximum atomic E-state index is 3.72. The van der Waals surface area contributed by atoms with Crippen LogP contribution in [0, 0.1) is 5.41 Å². The average molecular weight is 688 g/mol. The van der Waals surface area contributed by atoms with Crippen molar-refractivity contribution in [3.63, 3.8) is 0 Å². The zero-order chi connectivity index (χ0) is 16.2. The van der Waals surface area contributed by atoms with Crippen molar-refractivity contribution in [2.45, 2.75) is 45.2 Å². The number of fused-ring (bicyclic) bond motifs is 1. The van der Waals surface area contributed by atoms with Gasteiger partial charge in [-0.05, 0) is 0 Å². The van der Waals surface area contributed by atoms with Gasteiger partial charge in [-0.3, -0.25) is 0 Å². The van der Waals surface area contributed by atoms with Gasteiger partial charge in [-0.25, -0.2) is 0 Å². The van der Waals surface area contributed by atoms with E-state index in [0.29, 0.717) is 3.63 Å². The van der Waals surface area contributed by atoms with Crippen LogP contribution in [0.5, 0.6) is 0 Å². The number of halogens is 3. The fourth-order valence-corrected chi connectivity index (χ4v) is 9.04. The summed E-state index contributed by atoms with van der Waals surface area (Å²) in [6.07, 6.45) is 2.40. The van der Waals surface area contributed by atoms with E-state index in [9.17, 15) is 0 Å². The Morgan fingerprint density at radius 1 is 1.00 bits per heavy atom. The van der Waals surface area contributed by atoms with Crippen LogP contribution in [0.1, 0.15) is 56.3 Å². The van der Waals surface area contributed by atoms with Gasteiger partial charge in [0.1, 0.15) is 0 Å². The first-order valence-corrected chi connectivity index (χ1v) is 11.3. The predicted molar refractivity (Wildman–Crippen MR) is 95.4 cm³/mol. The number of benzene rings is 1. The van der Waals surface area contributed by atoms with E-state index in [-0.39, 0.29) is 53.4 Å². The first-order chi connectivity index (χ1) is 10.2. The Morgan fingerprint density at radius 3 is 2.17 bits per heavy atom. The van der Waals surface area contributed by atoms with Crippen molar-refractivity contribution in [3.8, 4) is 0 Å². The Labute approximate surface area is 200 Å². The van der Waals surface area contributed by atoms with Crippen LogP contribution in [-0.2, 0) is 23.2 Å². The van der Waals surface area contributed by atoms with Crippen LogP contribution in [-0.4, -0.2) is 0 Å². The molecule has 128 valence electrons. The van der Waals surface area contributed by atoms with Crippen molar-refractivity contribution in [3.05, 3.63) is 59.4 Å². The number of allylic oxidation sites excluding steroid dienone is 5. The molecule has 3 rings (SSSR count). The molecule has 0 radical (unpaired) electrons. The van der Waals surface area contributed by atoms with Gasteiger partial charge in [0.25, 0.3) is 0 Å². The SMILES string of the molecule is CC1=Cc2c(Br)cccc2[CH]1[Zr+2][C]1=C(C)C(C)=C(C)C1(C)C.[I-].[I-]. The van der Waals surface area contributed by atoms with Gasteiger partial charge < -0.3 is 48.0 Å². The summed E-state index contributed by atoms with van der Waals surface area (Å²) in [6.45, 7) is 14.2. The van der Waals surface area contributed by atoms with Gasteiger partial charge in [0.2, 0.25) is 0 Å². The van der Waals surface area contributed by atoms with Crippen LogP contribution in [0.3, 0.4) is 0 Å². The topological polar surface area (TPSA) is 0 Å². The largest absolute Gasteiger partial charge is 1.00 e. The van der Waals surface area contributed by atoms with Crippen molar-refractivity contribution in [1.82, 2.24) is 0 Å². The minimum Gasteiger partial charge on any atom is -1.00 e. The second kappa shape index (κ2) is 8.52. The molecule has 4 heteroatoms. The molecule has 0 aromatic heterocycles. The third-order valence-corrected chi connectivity index (χ3v) is 12.0. The monoisotopic (exact) mass is 686 g/mol. The maximum Gasteiger partial charge on any atom is -1.00 e. The minimum atomic E-state index is -0.713. The molecule has 1 aromatic carbocycles. The molecule has 2 aliphatic rings. The van der Waals surface area contributed by atoms with E-state index >= 15 is 0 Å². The van der Waals surface area contributed by atoms with E-state index in [0.717, 1.165) is 0 Å². The molecule has 0 amide bonds. The first kappa shape index (κ1) is 23.3. The Balaban J connectivity index is 0.00000144. The van der Waals surface area contributed by atoms with Crippen molar-refractivity contribution >= 4 is 22.0 Å². The van der Waals surface area contributed by atoms with Crippen LogP contribution in [0.4, 0.5) is 0 Å². The normalized spacial score (nSPS) is 21.0. The summed E-state index contributed by atoms with van der Waals surface area (Å²) in [5.74, 6) is 0. The van der Waals surface area contributed by atoms with Crippen LogP contribution in [0.2, 0.25) is 0 Å². The molecule has 0 bridgehead atoms. The van der Waals surface area contributed by atoms with Crippen LogP contribution < -0.4 is 48.0 Å². The van der Waals surface area contributed by atoms with Gasteiger partial charge in [-0.1, -0.05) is 0 Å². The molecule has 1 aromatic rings. The third kappa shape index (κ3) is 3.78. The summed E-state index contributed by atoms with van der Waals surface area (Å²) in [5.41, 5.74) is 9.51. The molecule has 0 heterocycles. The van der Waals surface area contributed by atoms with E-state index in [1.54, 1.807) is 25.6 Å². The van der Waals surface area contributed by atoms with Crippen molar-refractivity contribution < 1.29 is 71.2 Å². The first-order valence-electron chi connectivity index (χ1n) is 7.88. The number of hydrogen-bond acceptors (Lipinski definition) is 0. The molecular weight excluding hydrogens is 665 g/mol. The molecule has 0 saturated heterocycles. The molecule has 0 N–H and O–H groups in total. The summed E-state index contributed by atoms with van der Waals surface area (Å²) in [4.78, 5) is 0. The van der Waals surface area contributed by atoms with E-state index < -0.39 is 23.2 Å². The summed E-state index contributed by atoms with van der Waals surface area (Å²) >= 11 is 3.01. The van der Waals surface area contributed by atoms with Crippen molar-refractivity contribution in [1.29, 1.82) is 0 Å². The molecule has 2 aliphatic carbocycles. The quantitative estimate of drug-likeness (QED) is 0.401. The minimum absolute atomic E-state index is 0. The number of rotatable bonds is 2. The zero-order valence-corrected chi connectivity index (χ0v) is 23.4. The molecule has 24 heavy (non-hydrogen) atoms. The van der Waals surface area contributed by atoms with Crippen LogP contribution in [0.15, 0.2) is 48.2 Å². The van der Waals surface area contributed by atoms with Gasteiger partial charge >= 0.3 is 155 Å². The molecular formula is C20H23BrI2Zr. The Hall–Kier alpha value is 1.26. The van der Waals surface area contributed by atoms with Gasteiger partial charge in [-0.15, -0.1) is 0 Å². The smallest absolute Gasteiger partial charge is 1.00 e. The predicted octanol–water partition coefficient (Wildman–Crippen LogP) is 0.648. The van der Waals surface area contributed by atoms with E-state index in [1.807, 2.05) is 0 Å². The Kier molecular flexibility index (Phi) is 8.27. The molecule has 0 saturated carbocycles. The van der Waals surface area contributed by atoms with Crippen LogP contribution in [0.25, 0.3) is 6.08 Å². The van der Waals surface area contributed by atoms with E-state index in [2.05, 4.69) is 81.7 Å². The molecule has 0 aliphatic heterocycles. The summed E-state index contributed by atoms with van der Waals surface area (Å²) in [5, 5.41) is 0. The van der Waals surface area contributed by atoms with Gasteiger partial charge in [0.05, 0.1) is 0 Å². The second-order valence-corrected chi connectivity index (χ2v) is 11.3. The fraction of sp³-hybridized carbons (Fsp3) is 0.400. The maximum absolute atomic E-state index is 3.72. The fourth-order valence-electron chi connectivity index (χ4n) is 3.73. The third-order valence-electron chi connectivity index (χ3n) is 5.58. The van der Waals surface area contributed by atoms with Crippen LogP contribution >= 0.6 is 15.9 Å². The standard InChI is InChI=1S/C10H8Br.C10H15.2HI.Zr/c1-7-5-8-3-2-4-10(11)9(8)6-7;1-7-6-10(4,5)9(3)8(7)2;;;/h2-6H,1H3;1-5H3;2*1H;/q;;;;+2/p-2. The van der Waals surface area contributed by atoms with Crippen molar-refractivity contribution in [2.75, 3.05) is 0 Å². The Bertz CT molecular complexity index is 757. The molecule has 0 nitrogen and oxygen atoms in total. The van der Waals surface area contributed by atoms with Gasteiger partial charge in [0, 0.05) is 0 Å². The van der Waals surface area contributed by atoms with E-state index in [4.69, 9.17) is 0 Å². The van der Waals surface area contributed by atoms with E-state index in [1.165, 1.54) is 15.6 Å². The summed E-state index contributed by atoms with van der Waals surface area (Å²) < 4.78 is 3.73. The second-order valence-electron chi connectivity index (χ2n) is 7.08. The summed E-state index contributed by atoms with van der Waals surface area (Å²) in [6, 6.07) is 6.69. The average Bonchev–Trinajstić information content (AvgIpc) is 2.85. The number of hydrogen-bond donors (Lipinski definition) is 0. The molecule has 0 spiro atoms. The Morgan fingerprint density at radius 2 is 1.62 bits per heavy atom. The van der Waals surface area contributed by atoms with Crippen molar-refractivity contribution in [2.24, 2.45) is 5.41 Å². The van der Waals surface area contributed by atoms with Gasteiger partial charge in [-0.2, -0.15) is 0 Å².